The fraction of sp³-hybridized carbons (Fsp3) is 0.750. The van der Waals surface area contributed by atoms with Gasteiger partial charge in [-0.25, -0.2) is 4.79 Å². The molecule has 0 aromatic rings. The van der Waals surface area contributed by atoms with Crippen molar-refractivity contribution in [1.29, 1.82) is 0 Å². The second-order valence-electron chi connectivity index (χ2n) is 10.8. The molecule has 29 heavy (non-hydrogen) atoms. The van der Waals surface area contributed by atoms with Crippen LogP contribution in [0.4, 0.5) is 0 Å². The lowest BCUT2D eigenvalue weighted by Crippen LogP contribution is -2.52. The van der Waals surface area contributed by atoms with E-state index in [1.54, 1.807) is 6.08 Å². The maximum atomic E-state index is 11.9. The van der Waals surface area contributed by atoms with Gasteiger partial charge in [0.1, 0.15) is 11.7 Å². The number of esters is 2. The SMILES string of the molecule is CC(=C\C(=O)OC(C)(C)C)/C=C(\C)CC(C)CCCC[C@H]1OC(=O)[C@H]1[Si](C)(C)C. The normalized spacial score (nSPS) is 22.0. The zero-order chi connectivity index (χ0) is 22.4. The van der Waals surface area contributed by atoms with E-state index in [4.69, 9.17) is 9.47 Å². The Morgan fingerprint density at radius 1 is 1.17 bits per heavy atom. The van der Waals surface area contributed by atoms with Gasteiger partial charge in [0.2, 0.25) is 0 Å². The first-order chi connectivity index (χ1) is 13.2. The minimum absolute atomic E-state index is 0.0260. The largest absolute Gasteiger partial charge is 0.462 e. The summed E-state index contributed by atoms with van der Waals surface area (Å²) in [4.78, 5) is 23.6. The minimum Gasteiger partial charge on any atom is -0.462 e. The molecule has 3 atom stereocenters. The van der Waals surface area contributed by atoms with Gasteiger partial charge < -0.3 is 9.47 Å². The maximum Gasteiger partial charge on any atom is 0.331 e. The topological polar surface area (TPSA) is 52.6 Å². The van der Waals surface area contributed by atoms with Gasteiger partial charge >= 0.3 is 11.9 Å². The van der Waals surface area contributed by atoms with Gasteiger partial charge in [-0.3, -0.25) is 4.79 Å². The van der Waals surface area contributed by atoms with Gasteiger partial charge in [-0.15, -0.1) is 0 Å². The number of carbonyl (C=O) groups excluding carboxylic acids is 2. The molecule has 1 fully saturated rings. The minimum atomic E-state index is -1.47. The van der Waals surface area contributed by atoms with E-state index in [9.17, 15) is 9.59 Å². The average molecular weight is 423 g/mol. The molecule has 1 aliphatic heterocycles. The van der Waals surface area contributed by atoms with Crippen LogP contribution in [0.1, 0.15) is 73.6 Å². The van der Waals surface area contributed by atoms with Crippen molar-refractivity contribution in [2.45, 2.75) is 111 Å². The summed E-state index contributed by atoms with van der Waals surface area (Å²) < 4.78 is 10.7. The number of allylic oxidation sites excluding steroid dienone is 3. The van der Waals surface area contributed by atoms with Crippen LogP contribution in [0.5, 0.6) is 0 Å². The Bertz CT molecular complexity index is 634. The Hall–Kier alpha value is -1.36. The molecule has 1 heterocycles. The number of unbranched alkanes of at least 4 members (excludes halogenated alkanes) is 1. The summed E-state index contributed by atoms with van der Waals surface area (Å²) in [6.07, 6.45) is 9.26. The second-order valence-corrected chi connectivity index (χ2v) is 16.2. The van der Waals surface area contributed by atoms with Crippen LogP contribution in [-0.4, -0.2) is 31.7 Å². The highest BCUT2D eigenvalue weighted by Gasteiger charge is 2.49. The molecule has 166 valence electrons. The van der Waals surface area contributed by atoms with Gasteiger partial charge in [-0.1, -0.05) is 51.1 Å². The molecule has 0 N–H and O–H groups in total. The van der Waals surface area contributed by atoms with E-state index < -0.39 is 13.7 Å². The number of rotatable bonds is 10. The molecule has 4 nitrogen and oxygen atoms in total. The van der Waals surface area contributed by atoms with Crippen LogP contribution in [0.2, 0.25) is 25.2 Å². The molecule has 0 spiro atoms. The van der Waals surface area contributed by atoms with E-state index in [1.807, 2.05) is 27.7 Å². The number of hydrogen-bond donors (Lipinski definition) is 0. The molecular weight excluding hydrogens is 380 g/mol. The third-order valence-corrected chi connectivity index (χ3v) is 7.63. The number of carbonyl (C=O) groups is 2. The number of ether oxygens (including phenoxy) is 2. The molecule has 0 aromatic heterocycles. The van der Waals surface area contributed by atoms with Crippen LogP contribution in [-0.2, 0) is 19.1 Å². The molecule has 1 rings (SSSR count). The number of hydrogen-bond acceptors (Lipinski definition) is 4. The summed E-state index contributed by atoms with van der Waals surface area (Å²) in [5, 5.41) is 0. The fourth-order valence-corrected chi connectivity index (χ4v) is 6.13. The molecule has 0 bridgehead atoms. The lowest BCUT2D eigenvalue weighted by atomic mass is 9.94. The summed E-state index contributed by atoms with van der Waals surface area (Å²) in [6, 6.07) is 0. The molecule has 0 aliphatic carbocycles. The molecule has 0 saturated carbocycles. The fourth-order valence-electron chi connectivity index (χ4n) is 4.00. The van der Waals surface area contributed by atoms with Crippen molar-refractivity contribution in [2.75, 3.05) is 0 Å². The third kappa shape index (κ3) is 9.79. The van der Waals surface area contributed by atoms with Crippen LogP contribution in [0.15, 0.2) is 23.3 Å². The summed E-state index contributed by atoms with van der Waals surface area (Å²) >= 11 is 0. The van der Waals surface area contributed by atoms with Gasteiger partial charge in [0.25, 0.3) is 0 Å². The average Bonchev–Trinajstić information content (AvgIpc) is 2.45. The van der Waals surface area contributed by atoms with E-state index in [-0.39, 0.29) is 23.6 Å². The van der Waals surface area contributed by atoms with E-state index in [0.29, 0.717) is 5.92 Å². The summed E-state index contributed by atoms with van der Waals surface area (Å²) in [5.74, 6) is 0.329. The van der Waals surface area contributed by atoms with Crippen molar-refractivity contribution < 1.29 is 19.1 Å². The first kappa shape index (κ1) is 25.7. The van der Waals surface area contributed by atoms with Gasteiger partial charge in [0.15, 0.2) is 0 Å². The quantitative estimate of drug-likeness (QED) is 0.134. The molecule has 1 unspecified atom stereocenters. The van der Waals surface area contributed by atoms with Crippen molar-refractivity contribution in [3.05, 3.63) is 23.3 Å². The summed E-state index contributed by atoms with van der Waals surface area (Å²) in [7, 11) is -1.47. The second kappa shape index (κ2) is 10.6. The Labute approximate surface area is 179 Å². The molecule has 5 heteroatoms. The Morgan fingerprint density at radius 2 is 1.79 bits per heavy atom. The standard InChI is InChI=1S/C24H42O4Si/c1-17(12-10-11-13-20-22(23(26)27-20)29(7,8)9)14-18(2)15-19(3)16-21(25)28-24(4,5)6/h15-17,20,22H,10-14H2,1-9H3/b18-15+,19-16+/t17?,20-,22+/m1/s1. The van der Waals surface area contributed by atoms with Gasteiger partial charge in [0.05, 0.1) is 13.6 Å². The first-order valence-corrected chi connectivity index (χ1v) is 14.6. The van der Waals surface area contributed by atoms with E-state index in [0.717, 1.165) is 37.7 Å². The summed E-state index contributed by atoms with van der Waals surface area (Å²) in [6.45, 7) is 18.7. The predicted molar refractivity (Wildman–Crippen MR) is 123 cm³/mol. The molecule has 1 aliphatic rings. The highest BCUT2D eigenvalue weighted by molar-refractivity contribution is 6.81. The molecular formula is C24H42O4Si. The Morgan fingerprint density at radius 3 is 2.31 bits per heavy atom. The first-order valence-electron chi connectivity index (χ1n) is 11.0. The zero-order valence-electron chi connectivity index (χ0n) is 20.1. The van der Waals surface area contributed by atoms with Crippen molar-refractivity contribution in [3.63, 3.8) is 0 Å². The van der Waals surface area contributed by atoms with Crippen LogP contribution in [0.25, 0.3) is 0 Å². The van der Waals surface area contributed by atoms with Crippen molar-refractivity contribution in [2.24, 2.45) is 5.92 Å². The molecule has 0 amide bonds. The van der Waals surface area contributed by atoms with Crippen LogP contribution < -0.4 is 0 Å². The van der Waals surface area contributed by atoms with E-state index >= 15 is 0 Å². The van der Waals surface area contributed by atoms with Crippen LogP contribution >= 0.6 is 0 Å². The predicted octanol–water partition coefficient (Wildman–Crippen LogP) is 6.44. The van der Waals surface area contributed by atoms with Crippen LogP contribution in [0.3, 0.4) is 0 Å². The molecule has 1 saturated heterocycles. The number of cyclic esters (lactones) is 1. The molecule has 0 radical (unpaired) electrons. The van der Waals surface area contributed by atoms with Gasteiger partial charge in [-0.05, 0) is 65.4 Å². The summed E-state index contributed by atoms with van der Waals surface area (Å²) in [5.41, 5.74) is 1.92. The smallest absolute Gasteiger partial charge is 0.331 e. The lowest BCUT2D eigenvalue weighted by molar-refractivity contribution is -0.170. The Kier molecular flexibility index (Phi) is 9.39. The maximum absolute atomic E-state index is 11.9. The Balaban J connectivity index is 2.35. The van der Waals surface area contributed by atoms with E-state index in [2.05, 4.69) is 39.6 Å². The third-order valence-electron chi connectivity index (χ3n) is 5.16. The van der Waals surface area contributed by atoms with Gasteiger partial charge in [-0.2, -0.15) is 0 Å². The zero-order valence-corrected chi connectivity index (χ0v) is 21.1. The highest BCUT2D eigenvalue weighted by atomic mass is 28.3. The van der Waals surface area contributed by atoms with Crippen LogP contribution in [0, 0.1) is 5.92 Å². The lowest BCUT2D eigenvalue weighted by Gasteiger charge is -2.42. The van der Waals surface area contributed by atoms with Crippen molar-refractivity contribution >= 4 is 20.0 Å². The monoisotopic (exact) mass is 422 g/mol. The van der Waals surface area contributed by atoms with Gasteiger partial charge in [0, 0.05) is 6.08 Å². The van der Waals surface area contributed by atoms with E-state index in [1.165, 1.54) is 5.57 Å². The van der Waals surface area contributed by atoms with Crippen molar-refractivity contribution in [3.8, 4) is 0 Å². The van der Waals surface area contributed by atoms with Crippen molar-refractivity contribution in [1.82, 2.24) is 0 Å². The highest BCUT2D eigenvalue weighted by Crippen LogP contribution is 2.39. The molecule has 0 aromatic carbocycles.